The molecule has 21 heavy (non-hydrogen) atoms. The molecule has 1 saturated carbocycles. The first kappa shape index (κ1) is 14.8. The third kappa shape index (κ3) is 3.07. The zero-order valence-electron chi connectivity index (χ0n) is 12.3. The van der Waals surface area contributed by atoms with E-state index in [9.17, 15) is 8.42 Å². The average molecular weight is 310 g/mol. The molecule has 6 heteroatoms. The Hall–Kier alpha value is -1.11. The molecule has 1 aliphatic heterocycles. The van der Waals surface area contributed by atoms with Gasteiger partial charge in [0.15, 0.2) is 0 Å². The van der Waals surface area contributed by atoms with E-state index in [2.05, 4.69) is 10.8 Å². The van der Waals surface area contributed by atoms with Crippen molar-refractivity contribution < 1.29 is 13.2 Å². The number of benzene rings is 1. The third-order valence-corrected chi connectivity index (χ3v) is 5.95. The summed E-state index contributed by atoms with van der Waals surface area (Å²) in [5.74, 6) is 0.933. The molecule has 0 amide bonds. The predicted octanol–water partition coefficient (Wildman–Crippen LogP) is 1.83. The van der Waals surface area contributed by atoms with Gasteiger partial charge in [0.2, 0.25) is 0 Å². The lowest BCUT2D eigenvalue weighted by atomic mass is 10.1. The number of ether oxygens (including phenoxy) is 1. The maximum absolute atomic E-state index is 12.3. The molecule has 0 bridgehead atoms. The standard InChI is InChI=1S/C15H22N2O3S/c1-16-21(18,19)17(14-4-2-3-5-14)11-12-6-7-15-13(10-12)8-9-20-15/h6-7,10,14,16H,2-5,8-9,11H2,1H3. The molecule has 1 aromatic rings. The second-order valence-corrected chi connectivity index (χ2v) is 7.56. The van der Waals surface area contributed by atoms with E-state index in [0.29, 0.717) is 6.54 Å². The summed E-state index contributed by atoms with van der Waals surface area (Å²) in [4.78, 5) is 0. The normalized spacial score (nSPS) is 19.0. The molecule has 1 aliphatic carbocycles. The molecule has 116 valence electrons. The molecule has 1 heterocycles. The molecular weight excluding hydrogens is 288 g/mol. The van der Waals surface area contributed by atoms with E-state index in [0.717, 1.165) is 50.0 Å². The van der Waals surface area contributed by atoms with Crippen LogP contribution < -0.4 is 9.46 Å². The number of nitrogens with one attached hydrogen (secondary N) is 1. The van der Waals surface area contributed by atoms with Crippen LogP contribution in [0.15, 0.2) is 18.2 Å². The zero-order valence-corrected chi connectivity index (χ0v) is 13.2. The van der Waals surface area contributed by atoms with Crippen molar-refractivity contribution in [3.63, 3.8) is 0 Å². The molecule has 1 N–H and O–H groups in total. The lowest BCUT2D eigenvalue weighted by Crippen LogP contribution is -2.43. The summed E-state index contributed by atoms with van der Waals surface area (Å²) in [5, 5.41) is 0. The summed E-state index contributed by atoms with van der Waals surface area (Å²) >= 11 is 0. The third-order valence-electron chi connectivity index (χ3n) is 4.39. The van der Waals surface area contributed by atoms with Crippen molar-refractivity contribution in [2.75, 3.05) is 13.7 Å². The number of nitrogens with zero attached hydrogens (tertiary/aromatic N) is 1. The van der Waals surface area contributed by atoms with Crippen LogP contribution in [0, 0.1) is 0 Å². The van der Waals surface area contributed by atoms with Crippen molar-refractivity contribution in [1.29, 1.82) is 0 Å². The fourth-order valence-electron chi connectivity index (χ4n) is 3.24. The van der Waals surface area contributed by atoms with Gasteiger partial charge in [0.05, 0.1) is 6.61 Å². The molecule has 0 saturated heterocycles. The molecule has 0 atom stereocenters. The Kier molecular flexibility index (Phi) is 4.19. The Morgan fingerprint density at radius 1 is 1.33 bits per heavy atom. The van der Waals surface area contributed by atoms with Crippen molar-refractivity contribution in [3.05, 3.63) is 29.3 Å². The van der Waals surface area contributed by atoms with Crippen molar-refractivity contribution in [2.24, 2.45) is 0 Å². The molecule has 3 rings (SSSR count). The summed E-state index contributed by atoms with van der Waals surface area (Å²) in [6.07, 6.45) is 5.03. The maximum atomic E-state index is 12.3. The SMILES string of the molecule is CNS(=O)(=O)N(Cc1ccc2c(c1)CCO2)C1CCCC1. The van der Waals surface area contributed by atoms with E-state index in [-0.39, 0.29) is 6.04 Å². The minimum Gasteiger partial charge on any atom is -0.493 e. The van der Waals surface area contributed by atoms with Crippen molar-refractivity contribution in [1.82, 2.24) is 9.03 Å². The van der Waals surface area contributed by atoms with E-state index < -0.39 is 10.2 Å². The van der Waals surface area contributed by atoms with Gasteiger partial charge >= 0.3 is 0 Å². The van der Waals surface area contributed by atoms with E-state index in [4.69, 9.17) is 4.74 Å². The first-order valence-electron chi connectivity index (χ1n) is 7.55. The molecule has 2 aliphatic rings. The van der Waals surface area contributed by atoms with Gasteiger partial charge in [0.1, 0.15) is 5.75 Å². The zero-order chi connectivity index (χ0) is 14.9. The average Bonchev–Trinajstić information content (AvgIpc) is 3.15. The van der Waals surface area contributed by atoms with E-state index in [1.165, 1.54) is 12.6 Å². The van der Waals surface area contributed by atoms with Crippen LogP contribution in [-0.4, -0.2) is 32.4 Å². The molecule has 5 nitrogen and oxygen atoms in total. The second kappa shape index (κ2) is 5.94. The van der Waals surface area contributed by atoms with Crippen LogP contribution in [0.5, 0.6) is 5.75 Å². The number of rotatable bonds is 5. The molecule has 0 aromatic heterocycles. The van der Waals surface area contributed by atoms with Gasteiger partial charge in [0.25, 0.3) is 10.2 Å². The second-order valence-electron chi connectivity index (χ2n) is 5.73. The minimum atomic E-state index is -3.40. The Morgan fingerprint density at radius 2 is 2.10 bits per heavy atom. The van der Waals surface area contributed by atoms with Gasteiger partial charge in [0, 0.05) is 26.1 Å². The smallest absolute Gasteiger partial charge is 0.279 e. The van der Waals surface area contributed by atoms with Gasteiger partial charge in [-0.15, -0.1) is 0 Å². The first-order chi connectivity index (χ1) is 10.1. The molecule has 0 radical (unpaired) electrons. The Balaban J connectivity index is 1.84. The lowest BCUT2D eigenvalue weighted by molar-refractivity contribution is 0.312. The molecule has 0 spiro atoms. The number of hydrogen-bond donors (Lipinski definition) is 1. The first-order valence-corrected chi connectivity index (χ1v) is 8.99. The summed E-state index contributed by atoms with van der Waals surface area (Å²) in [6.45, 7) is 1.15. The predicted molar refractivity (Wildman–Crippen MR) is 81.4 cm³/mol. The van der Waals surface area contributed by atoms with Gasteiger partial charge in [-0.3, -0.25) is 0 Å². The van der Waals surface area contributed by atoms with E-state index in [1.807, 2.05) is 12.1 Å². The highest BCUT2D eigenvalue weighted by Gasteiger charge is 2.31. The van der Waals surface area contributed by atoms with Crippen molar-refractivity contribution in [3.8, 4) is 5.75 Å². The fraction of sp³-hybridized carbons (Fsp3) is 0.600. The Morgan fingerprint density at radius 3 is 2.81 bits per heavy atom. The van der Waals surface area contributed by atoms with Gasteiger partial charge in [-0.05, 0) is 30.0 Å². The molecule has 1 aromatic carbocycles. The number of hydrogen-bond acceptors (Lipinski definition) is 3. The van der Waals surface area contributed by atoms with Crippen LogP contribution in [0.1, 0.15) is 36.8 Å². The van der Waals surface area contributed by atoms with Crippen LogP contribution in [-0.2, 0) is 23.2 Å². The van der Waals surface area contributed by atoms with Crippen LogP contribution in [0.2, 0.25) is 0 Å². The monoisotopic (exact) mass is 310 g/mol. The molecule has 1 fully saturated rings. The lowest BCUT2D eigenvalue weighted by Gasteiger charge is -2.27. The highest BCUT2D eigenvalue weighted by atomic mass is 32.2. The van der Waals surface area contributed by atoms with Gasteiger partial charge in [-0.1, -0.05) is 25.0 Å². The van der Waals surface area contributed by atoms with Gasteiger partial charge in [-0.2, -0.15) is 12.7 Å². The highest BCUT2D eigenvalue weighted by Crippen LogP contribution is 2.29. The van der Waals surface area contributed by atoms with Crippen LogP contribution in [0.4, 0.5) is 0 Å². The highest BCUT2D eigenvalue weighted by molar-refractivity contribution is 7.87. The number of fused-ring (bicyclic) bond motifs is 1. The summed E-state index contributed by atoms with van der Waals surface area (Å²) in [5.41, 5.74) is 2.21. The summed E-state index contributed by atoms with van der Waals surface area (Å²) in [6, 6.07) is 6.12. The van der Waals surface area contributed by atoms with E-state index in [1.54, 1.807) is 4.31 Å². The fourth-order valence-corrected chi connectivity index (χ4v) is 4.39. The quantitative estimate of drug-likeness (QED) is 0.902. The minimum absolute atomic E-state index is 0.118. The van der Waals surface area contributed by atoms with Crippen LogP contribution in [0.3, 0.4) is 0 Å². The van der Waals surface area contributed by atoms with Crippen molar-refractivity contribution in [2.45, 2.75) is 44.7 Å². The summed E-state index contributed by atoms with van der Waals surface area (Å²) in [7, 11) is -1.92. The van der Waals surface area contributed by atoms with Gasteiger partial charge < -0.3 is 4.74 Å². The molecule has 0 unspecified atom stereocenters. The maximum Gasteiger partial charge on any atom is 0.279 e. The summed E-state index contributed by atoms with van der Waals surface area (Å²) < 4.78 is 34.2. The van der Waals surface area contributed by atoms with Crippen LogP contribution in [0.25, 0.3) is 0 Å². The van der Waals surface area contributed by atoms with Crippen LogP contribution >= 0.6 is 0 Å². The van der Waals surface area contributed by atoms with Crippen molar-refractivity contribution >= 4 is 10.2 Å². The molecular formula is C15H22N2O3S. The Bertz CT molecular complexity index is 609. The van der Waals surface area contributed by atoms with E-state index >= 15 is 0 Å². The largest absolute Gasteiger partial charge is 0.493 e. The Labute approximate surface area is 126 Å². The topological polar surface area (TPSA) is 58.6 Å². The van der Waals surface area contributed by atoms with Gasteiger partial charge in [-0.25, -0.2) is 4.72 Å².